The van der Waals surface area contributed by atoms with Crippen molar-refractivity contribution in [2.24, 2.45) is 0 Å². The van der Waals surface area contributed by atoms with Crippen molar-refractivity contribution in [3.05, 3.63) is 30.1 Å². The largest absolute Gasteiger partial charge is 0.335 e. The summed E-state index contributed by atoms with van der Waals surface area (Å²) in [6, 6.07) is 5.78. The van der Waals surface area contributed by atoms with Crippen molar-refractivity contribution in [3.63, 3.8) is 0 Å². The summed E-state index contributed by atoms with van der Waals surface area (Å²) in [6.07, 6.45) is 4.63. The normalized spacial score (nSPS) is 24.1. The number of halogens is 1. The van der Waals surface area contributed by atoms with Crippen molar-refractivity contribution >= 4 is 27.3 Å². The predicted octanol–water partition coefficient (Wildman–Crippen LogP) is 1.34. The molecule has 2 aliphatic heterocycles. The standard InChI is InChI=1S/C23H33FN4O4S/c24-18-4-3-5-19(14-18)25-22(29)15-26-9-11-27(12-10-26)16-23(30)28(20-6-1-2-7-20)21-8-13-33(31,32)17-21/h3-5,14,20-21H,1-2,6-13,15-17H2,(H,25,29)/t21-/m1/s1. The van der Waals surface area contributed by atoms with E-state index >= 15 is 0 Å². The molecule has 3 aliphatic rings. The van der Waals surface area contributed by atoms with Crippen LogP contribution in [0, 0.1) is 5.82 Å². The van der Waals surface area contributed by atoms with E-state index in [0.29, 0.717) is 38.3 Å². The number of sulfone groups is 1. The van der Waals surface area contributed by atoms with E-state index in [1.54, 1.807) is 12.1 Å². The summed E-state index contributed by atoms with van der Waals surface area (Å²) in [5.74, 6) is -0.303. The highest BCUT2D eigenvalue weighted by Gasteiger charge is 2.39. The third kappa shape index (κ3) is 6.51. The Kier molecular flexibility index (Phi) is 7.65. The maximum Gasteiger partial charge on any atom is 0.238 e. The van der Waals surface area contributed by atoms with Crippen molar-refractivity contribution in [1.29, 1.82) is 0 Å². The highest BCUT2D eigenvalue weighted by molar-refractivity contribution is 7.91. The van der Waals surface area contributed by atoms with Crippen LogP contribution >= 0.6 is 0 Å². The van der Waals surface area contributed by atoms with E-state index in [9.17, 15) is 22.4 Å². The van der Waals surface area contributed by atoms with Crippen molar-refractivity contribution in [2.75, 3.05) is 56.1 Å². The first-order valence-electron chi connectivity index (χ1n) is 11.8. The third-order valence-corrected chi connectivity index (χ3v) is 8.66. The highest BCUT2D eigenvalue weighted by atomic mass is 32.2. The van der Waals surface area contributed by atoms with Crippen LogP contribution in [0.5, 0.6) is 0 Å². The SMILES string of the molecule is O=C(CN1CCN(CC(=O)N(C2CCCC2)[C@@H]2CCS(=O)(=O)C2)CC1)Nc1cccc(F)c1. The number of anilines is 1. The predicted molar refractivity (Wildman–Crippen MR) is 124 cm³/mol. The first-order valence-corrected chi connectivity index (χ1v) is 13.6. The Morgan fingerprint density at radius 3 is 2.27 bits per heavy atom. The number of rotatable bonds is 7. The Labute approximate surface area is 195 Å². The van der Waals surface area contributed by atoms with Gasteiger partial charge in [0.05, 0.1) is 24.6 Å². The number of piperazine rings is 1. The van der Waals surface area contributed by atoms with Gasteiger partial charge in [-0.05, 0) is 37.5 Å². The first kappa shape index (κ1) is 24.1. The maximum absolute atomic E-state index is 13.3. The summed E-state index contributed by atoms with van der Waals surface area (Å²) in [6.45, 7) is 3.15. The average Bonchev–Trinajstić information content (AvgIpc) is 3.39. The lowest BCUT2D eigenvalue weighted by atomic mass is 10.1. The van der Waals surface area contributed by atoms with Crippen molar-refractivity contribution in [2.45, 2.75) is 44.2 Å². The highest BCUT2D eigenvalue weighted by Crippen LogP contribution is 2.29. The number of hydrogen-bond acceptors (Lipinski definition) is 6. The smallest absolute Gasteiger partial charge is 0.238 e. The zero-order valence-corrected chi connectivity index (χ0v) is 19.7. The van der Waals surface area contributed by atoms with Crippen molar-refractivity contribution < 1.29 is 22.4 Å². The van der Waals surface area contributed by atoms with Gasteiger partial charge in [-0.3, -0.25) is 19.4 Å². The minimum Gasteiger partial charge on any atom is -0.335 e. The molecule has 1 atom stereocenters. The summed E-state index contributed by atoms with van der Waals surface area (Å²) >= 11 is 0. The van der Waals surface area contributed by atoms with E-state index in [2.05, 4.69) is 10.2 Å². The maximum atomic E-state index is 13.3. The molecule has 0 aromatic heterocycles. The molecule has 0 unspecified atom stereocenters. The molecule has 0 radical (unpaired) electrons. The Morgan fingerprint density at radius 2 is 1.67 bits per heavy atom. The second kappa shape index (κ2) is 10.5. The lowest BCUT2D eigenvalue weighted by molar-refractivity contribution is -0.137. The van der Waals surface area contributed by atoms with Crippen LogP contribution in [0.4, 0.5) is 10.1 Å². The number of carbonyl (C=O) groups excluding carboxylic acids is 2. The summed E-state index contributed by atoms with van der Waals surface area (Å²) in [7, 11) is -3.05. The topological polar surface area (TPSA) is 90.0 Å². The van der Waals surface area contributed by atoms with Crippen LogP contribution < -0.4 is 5.32 Å². The fraction of sp³-hybridized carbons (Fsp3) is 0.652. The molecule has 1 aromatic rings. The molecule has 1 N–H and O–H groups in total. The molecule has 1 saturated carbocycles. The summed E-state index contributed by atoms with van der Waals surface area (Å²) in [4.78, 5) is 31.6. The number of nitrogens with one attached hydrogen (secondary N) is 1. The first-order chi connectivity index (χ1) is 15.8. The molecule has 1 aromatic carbocycles. The number of carbonyl (C=O) groups is 2. The molecule has 33 heavy (non-hydrogen) atoms. The summed E-state index contributed by atoms with van der Waals surface area (Å²) in [5.41, 5.74) is 0.435. The number of hydrogen-bond donors (Lipinski definition) is 1. The molecule has 10 heteroatoms. The van der Waals surface area contributed by atoms with E-state index in [1.165, 1.54) is 12.1 Å². The molecule has 8 nitrogen and oxygen atoms in total. The number of nitrogens with zero attached hydrogens (tertiary/aromatic N) is 3. The van der Waals surface area contributed by atoms with Gasteiger partial charge in [-0.2, -0.15) is 0 Å². The summed E-state index contributed by atoms with van der Waals surface area (Å²) < 4.78 is 37.3. The molecule has 182 valence electrons. The van der Waals surface area contributed by atoms with E-state index in [1.807, 2.05) is 9.80 Å². The van der Waals surface area contributed by atoms with Gasteiger partial charge in [0, 0.05) is 44.0 Å². The van der Waals surface area contributed by atoms with Gasteiger partial charge in [0.25, 0.3) is 0 Å². The fourth-order valence-electron chi connectivity index (χ4n) is 5.23. The van der Waals surface area contributed by atoms with Crippen molar-refractivity contribution in [1.82, 2.24) is 14.7 Å². The Morgan fingerprint density at radius 1 is 1.00 bits per heavy atom. The molecule has 0 bridgehead atoms. The Hall–Kier alpha value is -2.04. The van der Waals surface area contributed by atoms with Gasteiger partial charge in [-0.15, -0.1) is 0 Å². The summed E-state index contributed by atoms with van der Waals surface area (Å²) in [5, 5.41) is 2.71. The van der Waals surface area contributed by atoms with Crippen LogP contribution in [0.15, 0.2) is 24.3 Å². The molecule has 1 aliphatic carbocycles. The van der Waals surface area contributed by atoms with E-state index in [4.69, 9.17) is 0 Å². The lowest BCUT2D eigenvalue weighted by Crippen LogP contribution is -2.54. The molecule has 4 rings (SSSR count). The van der Waals surface area contributed by atoms with Crippen LogP contribution in [0.25, 0.3) is 0 Å². The molecule has 2 amide bonds. The van der Waals surface area contributed by atoms with Gasteiger partial charge < -0.3 is 10.2 Å². The van der Waals surface area contributed by atoms with Crippen LogP contribution in [-0.2, 0) is 19.4 Å². The van der Waals surface area contributed by atoms with Crippen molar-refractivity contribution in [3.8, 4) is 0 Å². The second-order valence-electron chi connectivity index (χ2n) is 9.41. The van der Waals surface area contributed by atoms with Gasteiger partial charge in [-0.1, -0.05) is 18.9 Å². The van der Waals surface area contributed by atoms with E-state index < -0.39 is 15.7 Å². The van der Waals surface area contributed by atoms with Crippen LogP contribution in [-0.4, -0.2) is 97.8 Å². The van der Waals surface area contributed by atoms with Crippen LogP contribution in [0.3, 0.4) is 0 Å². The minimum absolute atomic E-state index is 0.0290. The Bertz CT molecular complexity index is 959. The van der Waals surface area contributed by atoms with Gasteiger partial charge in [0.15, 0.2) is 9.84 Å². The van der Waals surface area contributed by atoms with Gasteiger partial charge >= 0.3 is 0 Å². The molecular formula is C23H33FN4O4S. The van der Waals surface area contributed by atoms with Gasteiger partial charge in [0.2, 0.25) is 11.8 Å². The molecule has 3 fully saturated rings. The quantitative estimate of drug-likeness (QED) is 0.634. The third-order valence-electron chi connectivity index (χ3n) is 6.91. The van der Waals surface area contributed by atoms with E-state index in [0.717, 1.165) is 25.7 Å². The second-order valence-corrected chi connectivity index (χ2v) is 11.6. The molecule has 0 spiro atoms. The zero-order valence-electron chi connectivity index (χ0n) is 18.9. The Balaban J connectivity index is 1.26. The number of amides is 2. The molecule has 2 saturated heterocycles. The fourth-order valence-corrected chi connectivity index (χ4v) is 6.94. The zero-order chi connectivity index (χ0) is 23.4. The monoisotopic (exact) mass is 480 g/mol. The van der Waals surface area contributed by atoms with Gasteiger partial charge in [0.1, 0.15) is 5.82 Å². The minimum atomic E-state index is -3.05. The molecule has 2 heterocycles. The van der Waals surface area contributed by atoms with E-state index in [-0.39, 0.29) is 48.5 Å². The lowest BCUT2D eigenvalue weighted by Gasteiger charge is -2.38. The number of benzene rings is 1. The van der Waals surface area contributed by atoms with Gasteiger partial charge in [-0.25, -0.2) is 12.8 Å². The van der Waals surface area contributed by atoms with Crippen LogP contribution in [0.1, 0.15) is 32.1 Å². The molecular weight excluding hydrogens is 447 g/mol. The average molecular weight is 481 g/mol. The van der Waals surface area contributed by atoms with Crippen LogP contribution in [0.2, 0.25) is 0 Å².